The third kappa shape index (κ3) is 5.91. The number of nitrogens with one attached hydrogen (secondary N) is 1. The molecule has 4 rings (SSSR count). The molecule has 5 nitrogen and oxygen atoms in total. The topological polar surface area (TPSA) is 67.8 Å². The van der Waals surface area contributed by atoms with E-state index in [0.717, 1.165) is 44.1 Å². The molecule has 2 N–H and O–H groups in total. The molecule has 30 heavy (non-hydrogen) atoms. The smallest absolute Gasteiger partial charge is 0.226 e. The molecule has 1 amide bonds. The summed E-state index contributed by atoms with van der Waals surface area (Å²) in [5.74, 6) is -0.0909. The number of carbonyl (C=O) groups excluding carboxylic acids is 1. The van der Waals surface area contributed by atoms with Gasteiger partial charge < -0.3 is 19.9 Å². The molecule has 1 radical (unpaired) electrons. The minimum Gasteiger partial charge on any atom is -0.507 e. The van der Waals surface area contributed by atoms with E-state index < -0.39 is 0 Å². The van der Waals surface area contributed by atoms with Gasteiger partial charge in [0.25, 0.3) is 0 Å². The number of benzene rings is 2. The average Bonchev–Trinajstić information content (AvgIpc) is 3.20. The fourth-order valence-corrected chi connectivity index (χ4v) is 4.24. The maximum atomic E-state index is 12.6. The first-order valence-corrected chi connectivity index (χ1v) is 10.4. The average molecular weight is 483 g/mol. The summed E-state index contributed by atoms with van der Waals surface area (Å²) in [5.41, 5.74) is 2.47. The fourth-order valence-electron chi connectivity index (χ4n) is 4.24. The number of rotatable bonds is 6. The number of hydrogen-bond donors (Lipinski definition) is 2. The molecule has 2 aromatic rings. The number of ether oxygens (including phenoxy) is 2. The van der Waals surface area contributed by atoms with Gasteiger partial charge in [-0.1, -0.05) is 42.3 Å². The second-order valence-electron chi connectivity index (χ2n) is 7.98. The van der Waals surface area contributed by atoms with Crippen LogP contribution in [0.2, 0.25) is 0 Å². The Labute approximate surface area is 203 Å². The Kier molecular flexibility index (Phi) is 8.47. The summed E-state index contributed by atoms with van der Waals surface area (Å²) in [4.78, 5) is 12.6. The van der Waals surface area contributed by atoms with E-state index in [1.54, 1.807) is 12.1 Å². The Morgan fingerprint density at radius 3 is 2.47 bits per heavy atom. The van der Waals surface area contributed by atoms with Gasteiger partial charge in [0.1, 0.15) is 5.75 Å². The standard InChI is InChI=1S/C24H28NO4.Y/c26-22-7-6-20(16-19-4-2-1-3-5-19)17-21(22)23(27)25-13-10-18-8-11-24(12-9-18)28-14-15-29-24;/h1-7,13,17-18,26H,8-12,14-16H2,(H,25,27);/q-1;. The van der Waals surface area contributed by atoms with E-state index in [1.807, 2.05) is 30.8 Å². The molecule has 6 heteroatoms. The third-order valence-corrected chi connectivity index (χ3v) is 5.92. The number of phenols is 1. The van der Waals surface area contributed by atoms with E-state index in [1.165, 1.54) is 5.56 Å². The van der Waals surface area contributed by atoms with Crippen LogP contribution in [0.4, 0.5) is 0 Å². The van der Waals surface area contributed by atoms with Crippen LogP contribution in [0, 0.1) is 12.5 Å². The maximum absolute atomic E-state index is 12.6. The maximum Gasteiger partial charge on any atom is 0.226 e. The van der Waals surface area contributed by atoms with Gasteiger partial charge >= 0.3 is 0 Å². The molecular weight excluding hydrogens is 455 g/mol. The van der Waals surface area contributed by atoms with Crippen molar-refractivity contribution in [3.8, 4) is 5.75 Å². The van der Waals surface area contributed by atoms with E-state index in [2.05, 4.69) is 17.4 Å². The van der Waals surface area contributed by atoms with Gasteiger partial charge in [-0.25, -0.2) is 6.54 Å². The van der Waals surface area contributed by atoms with Crippen LogP contribution >= 0.6 is 0 Å². The molecule has 2 fully saturated rings. The van der Waals surface area contributed by atoms with Crippen LogP contribution in [-0.2, 0) is 48.6 Å². The summed E-state index contributed by atoms with van der Waals surface area (Å²) in [7, 11) is 0. The van der Waals surface area contributed by atoms with Gasteiger partial charge in [0, 0.05) is 45.6 Å². The number of aromatic hydroxyl groups is 1. The molecule has 1 saturated carbocycles. The van der Waals surface area contributed by atoms with Crippen molar-refractivity contribution in [2.24, 2.45) is 5.92 Å². The largest absolute Gasteiger partial charge is 0.507 e. The first kappa shape index (κ1) is 23.4. The molecule has 1 aliphatic heterocycles. The summed E-state index contributed by atoms with van der Waals surface area (Å²) >= 11 is 0. The quantitative estimate of drug-likeness (QED) is 0.605. The van der Waals surface area contributed by atoms with Crippen molar-refractivity contribution < 1.29 is 52.1 Å². The Morgan fingerprint density at radius 2 is 1.77 bits per heavy atom. The van der Waals surface area contributed by atoms with Crippen molar-refractivity contribution in [2.45, 2.75) is 44.3 Å². The zero-order valence-electron chi connectivity index (χ0n) is 17.2. The molecular formula is C24H28NO4Y-. The SMILES string of the molecule is O=C(N[CH-]CC1CCC2(CC1)OCCO2)c1cc(Cc2ccccc2)ccc1O.[Y]. The second-order valence-corrected chi connectivity index (χ2v) is 7.98. The van der Waals surface area contributed by atoms with E-state index >= 15 is 0 Å². The molecule has 1 spiro atoms. The molecule has 1 aliphatic carbocycles. The van der Waals surface area contributed by atoms with Crippen molar-refractivity contribution in [2.75, 3.05) is 13.2 Å². The van der Waals surface area contributed by atoms with E-state index in [4.69, 9.17) is 9.47 Å². The number of phenolic OH excluding ortho intramolecular Hbond substituents is 1. The first-order chi connectivity index (χ1) is 14.1. The summed E-state index contributed by atoms with van der Waals surface area (Å²) < 4.78 is 11.5. The van der Waals surface area contributed by atoms with Crippen LogP contribution < -0.4 is 5.32 Å². The van der Waals surface area contributed by atoms with E-state index in [-0.39, 0.29) is 50.2 Å². The van der Waals surface area contributed by atoms with Gasteiger partial charge in [0.2, 0.25) is 5.91 Å². The minimum atomic E-state index is -0.343. The first-order valence-electron chi connectivity index (χ1n) is 10.4. The van der Waals surface area contributed by atoms with Gasteiger partial charge in [0.15, 0.2) is 5.79 Å². The Hall–Kier alpha value is -1.27. The molecule has 1 saturated heterocycles. The number of carbonyl (C=O) groups is 1. The van der Waals surface area contributed by atoms with Gasteiger partial charge in [-0.2, -0.15) is 6.42 Å². The zero-order chi connectivity index (χ0) is 20.1. The molecule has 0 atom stereocenters. The van der Waals surface area contributed by atoms with Crippen LogP contribution in [0.5, 0.6) is 5.75 Å². The molecule has 2 aromatic carbocycles. The number of amides is 1. The Balaban J connectivity index is 0.00000256. The molecule has 1 heterocycles. The van der Waals surface area contributed by atoms with Crippen LogP contribution in [0.3, 0.4) is 0 Å². The number of hydrogen-bond acceptors (Lipinski definition) is 4. The van der Waals surface area contributed by atoms with Crippen LogP contribution in [0.1, 0.15) is 53.6 Å². The summed E-state index contributed by atoms with van der Waals surface area (Å²) in [5, 5.41) is 13.0. The van der Waals surface area contributed by atoms with Crippen LogP contribution in [0.25, 0.3) is 0 Å². The van der Waals surface area contributed by atoms with Crippen molar-refractivity contribution >= 4 is 5.91 Å². The molecule has 2 aliphatic rings. The molecule has 157 valence electrons. The van der Waals surface area contributed by atoms with Crippen LogP contribution in [-0.4, -0.2) is 30.0 Å². The van der Waals surface area contributed by atoms with E-state index in [9.17, 15) is 9.90 Å². The monoisotopic (exact) mass is 483 g/mol. The Bertz CT molecular complexity index is 826. The van der Waals surface area contributed by atoms with Gasteiger partial charge in [-0.05, 0) is 42.5 Å². The summed E-state index contributed by atoms with van der Waals surface area (Å²) in [6, 6.07) is 15.3. The van der Waals surface area contributed by atoms with Gasteiger partial charge in [-0.3, -0.25) is 4.79 Å². The summed E-state index contributed by atoms with van der Waals surface area (Å²) in [6.45, 7) is 3.21. The second kappa shape index (κ2) is 10.9. The Morgan fingerprint density at radius 1 is 1.07 bits per heavy atom. The minimum absolute atomic E-state index is 0. The third-order valence-electron chi connectivity index (χ3n) is 5.92. The van der Waals surface area contributed by atoms with Crippen molar-refractivity contribution in [1.82, 2.24) is 5.32 Å². The van der Waals surface area contributed by atoms with Crippen molar-refractivity contribution in [1.29, 1.82) is 0 Å². The molecule has 0 bridgehead atoms. The molecule has 0 unspecified atom stereocenters. The van der Waals surface area contributed by atoms with E-state index in [0.29, 0.717) is 24.7 Å². The van der Waals surface area contributed by atoms with Crippen molar-refractivity contribution in [3.05, 3.63) is 71.8 Å². The summed E-state index contributed by atoms with van der Waals surface area (Å²) in [6.07, 6.45) is 5.43. The van der Waals surface area contributed by atoms with Gasteiger partial charge in [-0.15, -0.1) is 0 Å². The fraction of sp³-hybridized carbons (Fsp3) is 0.417. The predicted molar refractivity (Wildman–Crippen MR) is 110 cm³/mol. The normalized spacial score (nSPS) is 18.1. The molecule has 0 aromatic heterocycles. The van der Waals surface area contributed by atoms with Gasteiger partial charge in [0.05, 0.1) is 18.8 Å². The predicted octanol–water partition coefficient (Wildman–Crippen LogP) is 4.20. The van der Waals surface area contributed by atoms with Crippen LogP contribution in [0.15, 0.2) is 48.5 Å². The zero-order valence-corrected chi connectivity index (χ0v) is 20.0. The van der Waals surface area contributed by atoms with Crippen molar-refractivity contribution in [3.63, 3.8) is 0 Å².